The molecule has 2 N–H and O–H groups in total. The van der Waals surface area contributed by atoms with E-state index in [1.165, 1.54) is 18.0 Å². The molecule has 1 aliphatic rings. The number of hydrogen-bond donors (Lipinski definition) is 2. The van der Waals surface area contributed by atoms with E-state index in [-0.39, 0.29) is 11.0 Å². The zero-order chi connectivity index (χ0) is 14.7. The molecular formula is C12H23NO4S2. The van der Waals surface area contributed by atoms with E-state index in [1.807, 2.05) is 6.92 Å². The summed E-state index contributed by atoms with van der Waals surface area (Å²) < 4.78 is 22.1. The van der Waals surface area contributed by atoms with Crippen molar-refractivity contribution >= 4 is 27.6 Å². The van der Waals surface area contributed by atoms with Gasteiger partial charge >= 0.3 is 5.97 Å². The lowest BCUT2D eigenvalue weighted by atomic mass is 9.96. The third-order valence-corrected chi connectivity index (χ3v) is 5.50. The summed E-state index contributed by atoms with van der Waals surface area (Å²) in [4.78, 5) is 11.4. The minimum Gasteiger partial charge on any atom is -0.480 e. The fraction of sp³-hybridized carbons (Fsp3) is 0.917. The van der Waals surface area contributed by atoms with Crippen LogP contribution in [0.4, 0.5) is 0 Å². The molecule has 2 unspecified atom stereocenters. The van der Waals surface area contributed by atoms with E-state index < -0.39 is 21.3 Å². The Kier molecular flexibility index (Phi) is 5.70. The molecule has 112 valence electrons. The minimum absolute atomic E-state index is 0.106. The van der Waals surface area contributed by atoms with Gasteiger partial charge in [-0.25, -0.2) is 8.42 Å². The van der Waals surface area contributed by atoms with Gasteiger partial charge in [0.25, 0.3) is 0 Å². The monoisotopic (exact) mass is 309 g/mol. The van der Waals surface area contributed by atoms with Crippen molar-refractivity contribution in [2.24, 2.45) is 0 Å². The zero-order valence-electron chi connectivity index (χ0n) is 11.7. The van der Waals surface area contributed by atoms with Crippen molar-refractivity contribution in [1.29, 1.82) is 0 Å². The van der Waals surface area contributed by atoms with Crippen molar-refractivity contribution in [3.8, 4) is 0 Å². The third kappa shape index (κ3) is 6.63. The van der Waals surface area contributed by atoms with E-state index in [1.54, 1.807) is 6.92 Å². The largest absolute Gasteiger partial charge is 0.480 e. The van der Waals surface area contributed by atoms with E-state index in [4.69, 9.17) is 0 Å². The Morgan fingerprint density at radius 2 is 2.11 bits per heavy atom. The molecule has 0 heterocycles. The first kappa shape index (κ1) is 16.8. The maximum atomic E-state index is 11.4. The van der Waals surface area contributed by atoms with Gasteiger partial charge in [-0.3, -0.25) is 10.1 Å². The van der Waals surface area contributed by atoms with Crippen LogP contribution in [-0.2, 0) is 14.6 Å². The number of thioether (sulfide) groups is 1. The van der Waals surface area contributed by atoms with E-state index in [0.29, 0.717) is 18.2 Å². The van der Waals surface area contributed by atoms with Crippen molar-refractivity contribution in [2.75, 3.05) is 17.8 Å². The van der Waals surface area contributed by atoms with Crippen LogP contribution in [0.15, 0.2) is 0 Å². The Labute approximate surface area is 119 Å². The number of hydrogen-bond acceptors (Lipinski definition) is 5. The highest BCUT2D eigenvalue weighted by atomic mass is 32.2. The van der Waals surface area contributed by atoms with Gasteiger partial charge in [0.2, 0.25) is 0 Å². The fourth-order valence-corrected chi connectivity index (χ4v) is 4.37. The summed E-state index contributed by atoms with van der Waals surface area (Å²) >= 11 is 1.51. The standard InChI is InChI=1S/C12H23NO4S2/c1-9(18-6-7-19(3,16)17)8-12(2,11(14)15)13-10-4-5-10/h9-10,13H,4-8H2,1-3H3,(H,14,15). The molecule has 0 spiro atoms. The van der Waals surface area contributed by atoms with E-state index in [0.717, 1.165) is 12.8 Å². The van der Waals surface area contributed by atoms with Crippen LogP contribution in [0.25, 0.3) is 0 Å². The molecule has 0 saturated heterocycles. The van der Waals surface area contributed by atoms with Crippen LogP contribution in [0.5, 0.6) is 0 Å². The van der Waals surface area contributed by atoms with Crippen LogP contribution >= 0.6 is 11.8 Å². The molecule has 0 radical (unpaired) electrons. The van der Waals surface area contributed by atoms with Gasteiger partial charge < -0.3 is 5.11 Å². The average molecular weight is 309 g/mol. The second kappa shape index (κ2) is 6.45. The molecule has 0 aromatic carbocycles. The zero-order valence-corrected chi connectivity index (χ0v) is 13.3. The second-order valence-electron chi connectivity index (χ2n) is 5.57. The highest BCUT2D eigenvalue weighted by Crippen LogP contribution is 2.28. The molecule has 0 aromatic heterocycles. The number of rotatable bonds is 9. The predicted molar refractivity (Wildman–Crippen MR) is 78.4 cm³/mol. The van der Waals surface area contributed by atoms with Crippen LogP contribution in [0.2, 0.25) is 0 Å². The van der Waals surface area contributed by atoms with Gasteiger partial charge in [-0.1, -0.05) is 6.92 Å². The first-order chi connectivity index (χ1) is 8.62. The summed E-state index contributed by atoms with van der Waals surface area (Å²) in [5.74, 6) is -0.184. The molecular weight excluding hydrogens is 286 g/mol. The molecule has 2 atom stereocenters. The summed E-state index contributed by atoms with van der Waals surface area (Å²) in [7, 11) is -2.94. The summed E-state index contributed by atoms with van der Waals surface area (Å²) in [6.45, 7) is 3.66. The highest BCUT2D eigenvalue weighted by Gasteiger charge is 2.39. The Bertz CT molecular complexity index is 419. The van der Waals surface area contributed by atoms with Crippen molar-refractivity contribution in [3.63, 3.8) is 0 Å². The first-order valence-electron chi connectivity index (χ1n) is 6.43. The summed E-state index contributed by atoms with van der Waals surface area (Å²) in [5, 5.41) is 12.6. The van der Waals surface area contributed by atoms with Gasteiger partial charge in [-0.15, -0.1) is 0 Å². The lowest BCUT2D eigenvalue weighted by Gasteiger charge is -2.29. The molecule has 5 nitrogen and oxygen atoms in total. The van der Waals surface area contributed by atoms with Crippen molar-refractivity contribution in [2.45, 2.75) is 49.9 Å². The van der Waals surface area contributed by atoms with Crippen LogP contribution in [0.3, 0.4) is 0 Å². The maximum absolute atomic E-state index is 11.4. The summed E-state index contributed by atoms with van der Waals surface area (Å²) in [6.07, 6.45) is 3.79. The molecule has 0 aliphatic heterocycles. The topological polar surface area (TPSA) is 83.5 Å². The van der Waals surface area contributed by atoms with Crippen molar-refractivity contribution in [3.05, 3.63) is 0 Å². The normalized spacial score (nSPS) is 20.8. The number of aliphatic carboxylic acids is 1. The van der Waals surface area contributed by atoms with Crippen LogP contribution in [0.1, 0.15) is 33.1 Å². The fourth-order valence-electron chi connectivity index (χ4n) is 1.92. The molecule has 1 rings (SSSR count). The molecule has 1 saturated carbocycles. The van der Waals surface area contributed by atoms with Crippen LogP contribution in [-0.4, -0.2) is 54.1 Å². The highest BCUT2D eigenvalue weighted by molar-refractivity contribution is 8.01. The predicted octanol–water partition coefficient (Wildman–Crippen LogP) is 1.14. The molecule has 0 aromatic rings. The molecule has 19 heavy (non-hydrogen) atoms. The van der Waals surface area contributed by atoms with Gasteiger partial charge in [0.1, 0.15) is 15.4 Å². The van der Waals surface area contributed by atoms with Gasteiger partial charge in [0.05, 0.1) is 5.75 Å². The van der Waals surface area contributed by atoms with E-state index in [9.17, 15) is 18.3 Å². The van der Waals surface area contributed by atoms with Gasteiger partial charge in [0, 0.05) is 23.3 Å². The first-order valence-corrected chi connectivity index (χ1v) is 9.54. The van der Waals surface area contributed by atoms with Gasteiger partial charge in [0.15, 0.2) is 0 Å². The lowest BCUT2D eigenvalue weighted by Crippen LogP contribution is -2.52. The summed E-state index contributed by atoms with van der Waals surface area (Å²) in [6, 6.07) is 0.328. The van der Waals surface area contributed by atoms with Crippen LogP contribution in [0, 0.1) is 0 Å². The van der Waals surface area contributed by atoms with Gasteiger partial charge in [-0.05, 0) is 26.2 Å². The van der Waals surface area contributed by atoms with E-state index in [2.05, 4.69) is 5.32 Å². The smallest absolute Gasteiger partial charge is 0.323 e. The van der Waals surface area contributed by atoms with Gasteiger partial charge in [-0.2, -0.15) is 11.8 Å². The Hall–Kier alpha value is -0.270. The van der Waals surface area contributed by atoms with Crippen molar-refractivity contribution < 1.29 is 18.3 Å². The number of sulfone groups is 1. The Morgan fingerprint density at radius 1 is 1.53 bits per heavy atom. The number of carboxylic acids is 1. The van der Waals surface area contributed by atoms with E-state index >= 15 is 0 Å². The number of carbonyl (C=O) groups is 1. The summed E-state index contributed by atoms with van der Waals surface area (Å²) in [5.41, 5.74) is -0.918. The second-order valence-corrected chi connectivity index (χ2v) is 9.38. The molecule has 7 heteroatoms. The lowest BCUT2D eigenvalue weighted by molar-refractivity contribution is -0.144. The van der Waals surface area contributed by atoms with Crippen LogP contribution < -0.4 is 5.32 Å². The minimum atomic E-state index is -2.94. The quantitative estimate of drug-likeness (QED) is 0.664. The Morgan fingerprint density at radius 3 is 2.53 bits per heavy atom. The maximum Gasteiger partial charge on any atom is 0.323 e. The third-order valence-electron chi connectivity index (χ3n) is 3.12. The molecule has 0 amide bonds. The average Bonchev–Trinajstić information content (AvgIpc) is 2.98. The SMILES string of the molecule is CC(CC(C)(NC1CC1)C(=O)O)SCCS(C)(=O)=O. The number of nitrogens with one attached hydrogen (secondary N) is 1. The molecule has 0 bridgehead atoms. The molecule has 1 fully saturated rings. The molecule has 1 aliphatic carbocycles. The Balaban J connectivity index is 2.42. The van der Waals surface area contributed by atoms with Crippen molar-refractivity contribution in [1.82, 2.24) is 5.32 Å². The number of carboxylic acid groups (broad SMARTS) is 1.